The van der Waals surface area contributed by atoms with E-state index in [1.54, 1.807) is 4.90 Å². The molecule has 3 N–H and O–H groups in total. The number of rotatable bonds is 1. The number of thiophene rings is 1. The third-order valence-electron chi connectivity index (χ3n) is 3.51. The maximum Gasteiger partial charge on any atom is 0.266 e. The van der Waals surface area contributed by atoms with Gasteiger partial charge >= 0.3 is 0 Å². The van der Waals surface area contributed by atoms with E-state index in [1.165, 1.54) is 11.3 Å². The molecule has 3 rings (SSSR count). The summed E-state index contributed by atoms with van der Waals surface area (Å²) in [7, 11) is 0. The fraction of sp³-hybridized carbons (Fsp3) is 0.357. The minimum absolute atomic E-state index is 0.0579. The number of hydrogen-bond donors (Lipinski definition) is 2. The smallest absolute Gasteiger partial charge is 0.266 e. The van der Waals surface area contributed by atoms with Gasteiger partial charge in [-0.15, -0.1) is 11.3 Å². The molecule has 1 atom stereocenters. The lowest BCUT2D eigenvalue weighted by Gasteiger charge is -2.29. The lowest BCUT2D eigenvalue weighted by atomic mass is 10.1. The van der Waals surface area contributed by atoms with Gasteiger partial charge in [0.25, 0.3) is 5.91 Å². The molecular formula is C14H16N2O2S. The summed E-state index contributed by atoms with van der Waals surface area (Å²) in [5.74, 6) is -0.0579. The van der Waals surface area contributed by atoms with Gasteiger partial charge in [0.2, 0.25) is 0 Å². The summed E-state index contributed by atoms with van der Waals surface area (Å²) in [5.41, 5.74) is 6.64. The van der Waals surface area contributed by atoms with Crippen LogP contribution in [0.2, 0.25) is 0 Å². The van der Waals surface area contributed by atoms with Crippen molar-refractivity contribution in [2.24, 2.45) is 0 Å². The van der Waals surface area contributed by atoms with Crippen molar-refractivity contribution < 1.29 is 9.90 Å². The fourth-order valence-electron chi connectivity index (χ4n) is 2.51. The number of amides is 1. The Kier molecular flexibility index (Phi) is 3.16. The van der Waals surface area contributed by atoms with E-state index in [9.17, 15) is 9.90 Å². The molecule has 1 unspecified atom stereocenters. The van der Waals surface area contributed by atoms with Gasteiger partial charge in [0, 0.05) is 23.2 Å². The number of nitrogen functional groups attached to an aromatic ring is 1. The SMILES string of the molecule is Nc1c(C(=O)N2CCCC(O)C2)sc2ccccc12. The Bertz CT molecular complexity index is 623. The molecule has 100 valence electrons. The minimum atomic E-state index is -0.409. The summed E-state index contributed by atoms with van der Waals surface area (Å²) in [6, 6.07) is 7.77. The quantitative estimate of drug-likeness (QED) is 0.838. The Hall–Kier alpha value is -1.59. The number of β-amino-alcohol motifs (C(OH)–C–C–N with tert-alkyl or cyclic N) is 1. The van der Waals surface area contributed by atoms with E-state index in [-0.39, 0.29) is 5.91 Å². The molecule has 1 aromatic carbocycles. The second-order valence-electron chi connectivity index (χ2n) is 4.89. The van der Waals surface area contributed by atoms with E-state index in [1.807, 2.05) is 24.3 Å². The number of benzene rings is 1. The number of nitrogens with two attached hydrogens (primary N) is 1. The number of aliphatic hydroxyl groups is 1. The highest BCUT2D eigenvalue weighted by atomic mass is 32.1. The van der Waals surface area contributed by atoms with Crippen molar-refractivity contribution in [3.05, 3.63) is 29.1 Å². The number of nitrogens with zero attached hydrogens (tertiary/aromatic N) is 1. The molecule has 1 aromatic heterocycles. The van der Waals surface area contributed by atoms with Crippen molar-refractivity contribution in [1.29, 1.82) is 0 Å². The Morgan fingerprint density at radius 1 is 1.42 bits per heavy atom. The van der Waals surface area contributed by atoms with Crippen LogP contribution >= 0.6 is 11.3 Å². The van der Waals surface area contributed by atoms with Gasteiger partial charge in [0.05, 0.1) is 11.8 Å². The highest BCUT2D eigenvalue weighted by Crippen LogP contribution is 2.34. The summed E-state index contributed by atoms with van der Waals surface area (Å²) in [4.78, 5) is 14.8. The second-order valence-corrected chi connectivity index (χ2v) is 5.94. The maximum atomic E-state index is 12.5. The monoisotopic (exact) mass is 276 g/mol. The van der Waals surface area contributed by atoms with E-state index in [4.69, 9.17) is 5.73 Å². The Morgan fingerprint density at radius 3 is 2.95 bits per heavy atom. The molecule has 1 aliphatic rings. The van der Waals surface area contributed by atoms with Crippen molar-refractivity contribution in [1.82, 2.24) is 4.90 Å². The van der Waals surface area contributed by atoms with E-state index < -0.39 is 6.10 Å². The lowest BCUT2D eigenvalue weighted by Crippen LogP contribution is -2.42. The van der Waals surface area contributed by atoms with Gasteiger partial charge in [-0.2, -0.15) is 0 Å². The average Bonchev–Trinajstić information content (AvgIpc) is 2.76. The Morgan fingerprint density at radius 2 is 2.21 bits per heavy atom. The molecular weight excluding hydrogens is 260 g/mol. The van der Waals surface area contributed by atoms with E-state index in [0.29, 0.717) is 23.7 Å². The molecule has 0 radical (unpaired) electrons. The van der Waals surface area contributed by atoms with E-state index >= 15 is 0 Å². The highest BCUT2D eigenvalue weighted by molar-refractivity contribution is 7.21. The van der Waals surface area contributed by atoms with Gasteiger partial charge in [-0.3, -0.25) is 4.79 Å². The van der Waals surface area contributed by atoms with Gasteiger partial charge in [0.15, 0.2) is 0 Å². The normalized spacial score (nSPS) is 19.8. The van der Waals surface area contributed by atoms with Crippen molar-refractivity contribution in [3.8, 4) is 0 Å². The van der Waals surface area contributed by atoms with Crippen LogP contribution in [0.15, 0.2) is 24.3 Å². The zero-order chi connectivity index (χ0) is 13.4. The Labute approximate surface area is 115 Å². The van der Waals surface area contributed by atoms with Crippen molar-refractivity contribution in [2.75, 3.05) is 18.8 Å². The predicted octanol–water partition coefficient (Wildman–Crippen LogP) is 2.08. The maximum absolute atomic E-state index is 12.5. The largest absolute Gasteiger partial charge is 0.397 e. The third-order valence-corrected chi connectivity index (χ3v) is 4.69. The number of carbonyl (C=O) groups is 1. The molecule has 1 aliphatic heterocycles. The molecule has 2 aromatic rings. The first-order chi connectivity index (χ1) is 9.16. The molecule has 0 bridgehead atoms. The van der Waals surface area contributed by atoms with Crippen LogP contribution in [0.5, 0.6) is 0 Å². The predicted molar refractivity (Wildman–Crippen MR) is 77.4 cm³/mol. The lowest BCUT2D eigenvalue weighted by molar-refractivity contribution is 0.0478. The van der Waals surface area contributed by atoms with Crippen LogP contribution in [0.25, 0.3) is 10.1 Å². The van der Waals surface area contributed by atoms with Gasteiger partial charge in [0.1, 0.15) is 4.88 Å². The van der Waals surface area contributed by atoms with Crippen LogP contribution in [0.3, 0.4) is 0 Å². The summed E-state index contributed by atoms with van der Waals surface area (Å²) in [6.07, 6.45) is 1.21. The first-order valence-corrected chi connectivity index (χ1v) is 7.23. The molecule has 2 heterocycles. The zero-order valence-corrected chi connectivity index (χ0v) is 11.3. The van der Waals surface area contributed by atoms with Gasteiger partial charge < -0.3 is 15.7 Å². The molecule has 1 amide bonds. The molecule has 0 aliphatic carbocycles. The van der Waals surface area contributed by atoms with Crippen LogP contribution in [0, 0.1) is 0 Å². The molecule has 0 saturated carbocycles. The number of likely N-dealkylation sites (tertiary alicyclic amines) is 1. The summed E-state index contributed by atoms with van der Waals surface area (Å²) in [6.45, 7) is 1.11. The van der Waals surface area contributed by atoms with Crippen LogP contribution in [0.1, 0.15) is 22.5 Å². The highest BCUT2D eigenvalue weighted by Gasteiger charge is 2.26. The molecule has 0 spiro atoms. The van der Waals surface area contributed by atoms with Crippen molar-refractivity contribution in [2.45, 2.75) is 18.9 Å². The number of aliphatic hydroxyl groups excluding tert-OH is 1. The second kappa shape index (κ2) is 4.83. The van der Waals surface area contributed by atoms with Crippen molar-refractivity contribution >= 4 is 33.0 Å². The number of carbonyl (C=O) groups excluding carboxylic acids is 1. The first-order valence-electron chi connectivity index (χ1n) is 6.41. The fourth-order valence-corrected chi connectivity index (χ4v) is 3.60. The van der Waals surface area contributed by atoms with Gasteiger partial charge in [-0.25, -0.2) is 0 Å². The van der Waals surface area contributed by atoms with Crippen LogP contribution in [0.4, 0.5) is 5.69 Å². The van der Waals surface area contributed by atoms with Crippen molar-refractivity contribution in [3.63, 3.8) is 0 Å². The molecule has 1 fully saturated rings. The summed E-state index contributed by atoms with van der Waals surface area (Å²) >= 11 is 1.43. The topological polar surface area (TPSA) is 66.6 Å². The molecule has 1 saturated heterocycles. The molecule has 19 heavy (non-hydrogen) atoms. The third kappa shape index (κ3) is 2.19. The standard InChI is InChI=1S/C14H16N2O2S/c15-12-10-5-1-2-6-11(10)19-13(12)14(18)16-7-3-4-9(17)8-16/h1-2,5-6,9,17H,3-4,7-8,15H2. The number of anilines is 1. The summed E-state index contributed by atoms with van der Waals surface area (Å²) in [5, 5.41) is 10.6. The molecule has 4 nitrogen and oxygen atoms in total. The number of fused-ring (bicyclic) bond motifs is 1. The molecule has 5 heteroatoms. The van der Waals surface area contributed by atoms with E-state index in [2.05, 4.69) is 0 Å². The zero-order valence-electron chi connectivity index (χ0n) is 10.5. The minimum Gasteiger partial charge on any atom is -0.397 e. The number of piperidine rings is 1. The van der Waals surface area contributed by atoms with Gasteiger partial charge in [-0.1, -0.05) is 18.2 Å². The number of hydrogen-bond acceptors (Lipinski definition) is 4. The van der Waals surface area contributed by atoms with E-state index in [0.717, 1.165) is 22.9 Å². The first kappa shape index (κ1) is 12.4. The van der Waals surface area contributed by atoms with Gasteiger partial charge in [-0.05, 0) is 18.9 Å². The van der Waals surface area contributed by atoms with Crippen LogP contribution in [-0.4, -0.2) is 35.1 Å². The summed E-state index contributed by atoms with van der Waals surface area (Å²) < 4.78 is 1.03. The average molecular weight is 276 g/mol. The Balaban J connectivity index is 1.95. The van der Waals surface area contributed by atoms with Crippen LogP contribution < -0.4 is 5.73 Å². The van der Waals surface area contributed by atoms with Crippen LogP contribution in [-0.2, 0) is 0 Å².